The van der Waals surface area contributed by atoms with Crippen LogP contribution in [0, 0.1) is 12.7 Å². The molecule has 0 amide bonds. The fourth-order valence-corrected chi connectivity index (χ4v) is 6.01. The number of hydrogen-bond donors (Lipinski definition) is 0. The third kappa shape index (κ3) is 4.11. The predicted octanol–water partition coefficient (Wildman–Crippen LogP) is 7.74. The van der Waals surface area contributed by atoms with Crippen LogP contribution < -0.4 is 14.2 Å². The Morgan fingerprint density at radius 1 is 0.667 bits per heavy atom. The van der Waals surface area contributed by atoms with Gasteiger partial charge in [-0.1, -0.05) is 66.7 Å². The summed E-state index contributed by atoms with van der Waals surface area (Å²) in [6.07, 6.45) is 5.67. The minimum atomic E-state index is 0. The molecule has 5 nitrogen and oxygen atoms in total. The summed E-state index contributed by atoms with van der Waals surface area (Å²) in [5.41, 5.74) is 5.39. The van der Waals surface area contributed by atoms with Gasteiger partial charge in [-0.15, -0.1) is 5.69 Å². The van der Waals surface area contributed by atoms with Crippen molar-refractivity contribution in [2.75, 3.05) is 16.8 Å². The van der Waals surface area contributed by atoms with Gasteiger partial charge in [0.05, 0.1) is 12.4 Å². The first-order valence-electron chi connectivity index (χ1n) is 13.6. The maximum atomic E-state index is 4.64. The Balaban J connectivity index is 0.000000147. The second-order valence-electron chi connectivity index (χ2n) is 10.2. The van der Waals surface area contributed by atoms with Gasteiger partial charge in [0.25, 0.3) is 0 Å². The Kier molecular flexibility index (Phi) is 6.58. The van der Waals surface area contributed by atoms with Crippen LogP contribution in [0.5, 0.6) is 0 Å². The molecular weight excluding hydrogens is 695 g/mol. The van der Waals surface area contributed by atoms with E-state index in [0.29, 0.717) is 0 Å². The molecule has 0 saturated carbocycles. The normalized spacial score (nSPS) is 12.5. The van der Waals surface area contributed by atoms with Crippen LogP contribution >= 0.6 is 0 Å². The van der Waals surface area contributed by atoms with Crippen LogP contribution in [0.15, 0.2) is 128 Å². The molecular formula is C36H25IrN5+. The first kappa shape index (κ1) is 26.1. The molecule has 1 aliphatic rings. The topological polar surface area (TPSA) is 36.4 Å². The fraction of sp³-hybridized carbons (Fsp3) is 0.0278. The van der Waals surface area contributed by atoms with Crippen LogP contribution in [0.2, 0.25) is 0 Å². The maximum Gasteiger partial charge on any atom is 3.00 e. The van der Waals surface area contributed by atoms with Crippen LogP contribution in [0.3, 0.4) is 0 Å². The quantitative estimate of drug-likeness (QED) is 0.0989. The predicted molar refractivity (Wildman–Crippen MR) is 167 cm³/mol. The zero-order chi connectivity index (χ0) is 27.3. The molecule has 4 heterocycles. The van der Waals surface area contributed by atoms with E-state index in [2.05, 4.69) is 129 Å². The van der Waals surface area contributed by atoms with Crippen molar-refractivity contribution in [1.82, 2.24) is 9.97 Å². The van der Waals surface area contributed by atoms with Crippen molar-refractivity contribution in [3.05, 3.63) is 141 Å². The van der Waals surface area contributed by atoms with Gasteiger partial charge >= 0.3 is 20.1 Å². The molecule has 5 aromatic carbocycles. The molecule has 0 atom stereocenters. The zero-order valence-corrected chi connectivity index (χ0v) is 25.2. The van der Waals surface area contributed by atoms with Crippen molar-refractivity contribution in [3.8, 4) is 0 Å². The maximum absolute atomic E-state index is 4.64. The van der Waals surface area contributed by atoms with Crippen molar-refractivity contribution in [2.45, 2.75) is 0 Å². The number of hydrogen-bond acceptors (Lipinski definition) is 4. The van der Waals surface area contributed by atoms with Crippen molar-refractivity contribution in [2.24, 2.45) is 0 Å². The molecule has 9 rings (SSSR count). The van der Waals surface area contributed by atoms with Crippen molar-refractivity contribution >= 4 is 66.1 Å². The van der Waals surface area contributed by atoms with Gasteiger partial charge in [-0.05, 0) is 58.4 Å². The number of imidazole rings is 1. The molecule has 0 spiro atoms. The summed E-state index contributed by atoms with van der Waals surface area (Å²) in [4.78, 5) is 13.5. The number of fused-ring (bicyclic) bond motifs is 11. The van der Waals surface area contributed by atoms with E-state index >= 15 is 0 Å². The van der Waals surface area contributed by atoms with E-state index in [1.54, 1.807) is 0 Å². The summed E-state index contributed by atoms with van der Waals surface area (Å²) >= 11 is 0. The third-order valence-electron chi connectivity index (χ3n) is 7.84. The smallest absolute Gasteiger partial charge is 0.504 e. The average molecular weight is 720 g/mol. The largest absolute Gasteiger partial charge is 3.00 e. The van der Waals surface area contributed by atoms with E-state index in [1.165, 1.54) is 38.3 Å². The monoisotopic (exact) mass is 720 g/mol. The van der Waals surface area contributed by atoms with Crippen LogP contribution in [0.4, 0.5) is 17.1 Å². The Morgan fingerprint density at radius 2 is 1.38 bits per heavy atom. The first-order valence-corrected chi connectivity index (χ1v) is 13.6. The number of nitrogens with zero attached hydrogens (tertiary/aromatic N) is 5. The van der Waals surface area contributed by atoms with Crippen LogP contribution in [-0.4, -0.2) is 17.0 Å². The second-order valence-corrected chi connectivity index (χ2v) is 10.2. The Bertz CT molecular complexity index is 2220. The summed E-state index contributed by atoms with van der Waals surface area (Å²) < 4.78 is 2.08. The second kappa shape index (κ2) is 10.6. The number of benzene rings is 5. The molecule has 0 saturated heterocycles. The first-order chi connectivity index (χ1) is 20.3. The molecule has 0 radical (unpaired) electrons. The van der Waals surface area contributed by atoms with E-state index in [9.17, 15) is 0 Å². The Labute approximate surface area is 257 Å². The Morgan fingerprint density at radius 3 is 2.26 bits per heavy atom. The standard InChI is InChI=1S/C22H13N3.C14H12N2.Ir/c1-2-5-16-14(4-1)7-8-15-9-10-18-20(19(15)16)17-6-3-11-23-21(17)25-13-12-24-22(18)25;1-15-11-16(12-7-3-2-4-8-12)14-10-6-5-9-13(14)15;/h1-13H;2-7,9-11H,1H3;/q;-2;+3. The van der Waals surface area contributed by atoms with Crippen molar-refractivity contribution in [3.63, 3.8) is 0 Å². The summed E-state index contributed by atoms with van der Waals surface area (Å²) in [6.45, 7) is 2.08. The molecule has 3 aromatic heterocycles. The van der Waals surface area contributed by atoms with Crippen molar-refractivity contribution < 1.29 is 24.5 Å². The van der Waals surface area contributed by atoms with Gasteiger partial charge in [0, 0.05) is 22.1 Å². The molecule has 0 fully saturated rings. The van der Waals surface area contributed by atoms with E-state index in [-0.39, 0.29) is 20.1 Å². The molecule has 42 heavy (non-hydrogen) atoms. The van der Waals surface area contributed by atoms with Gasteiger partial charge in [0.15, 0.2) is 11.3 Å². The number of pyridine rings is 2. The summed E-state index contributed by atoms with van der Waals surface area (Å²) in [5, 5.41) is 8.59. The summed E-state index contributed by atoms with van der Waals surface area (Å²) in [5.74, 6) is 0. The van der Waals surface area contributed by atoms with E-state index < -0.39 is 0 Å². The third-order valence-corrected chi connectivity index (χ3v) is 7.84. The molecule has 202 valence electrons. The molecule has 1 aliphatic heterocycles. The summed E-state index contributed by atoms with van der Waals surface area (Å²) in [6, 6.07) is 41.1. The number of anilines is 3. The molecule has 0 aliphatic carbocycles. The van der Waals surface area contributed by atoms with E-state index in [0.717, 1.165) is 27.8 Å². The number of para-hydroxylation sites is 3. The number of rotatable bonds is 1. The molecule has 6 heteroatoms. The van der Waals surface area contributed by atoms with Crippen molar-refractivity contribution in [1.29, 1.82) is 0 Å². The summed E-state index contributed by atoms with van der Waals surface area (Å²) in [7, 11) is 2.06. The van der Waals surface area contributed by atoms with Crippen LogP contribution in [0.25, 0.3) is 49.0 Å². The molecule has 0 bridgehead atoms. The average Bonchev–Trinajstić information content (AvgIpc) is 3.67. The van der Waals surface area contributed by atoms with Gasteiger partial charge in [0.2, 0.25) is 0 Å². The van der Waals surface area contributed by atoms with Gasteiger partial charge in [-0.25, -0.2) is 0 Å². The zero-order valence-electron chi connectivity index (χ0n) is 22.8. The molecule has 0 N–H and O–H groups in total. The van der Waals surface area contributed by atoms with E-state index in [1.807, 2.05) is 42.9 Å². The number of aromatic nitrogens is 3. The van der Waals surface area contributed by atoms with Gasteiger partial charge in [0.1, 0.15) is 0 Å². The van der Waals surface area contributed by atoms with Gasteiger partial charge in [-0.2, -0.15) is 47.0 Å². The molecule has 0 unspecified atom stereocenters. The van der Waals surface area contributed by atoms with Crippen LogP contribution in [-0.2, 0) is 20.1 Å². The molecule has 8 aromatic rings. The van der Waals surface area contributed by atoms with Gasteiger partial charge in [-0.3, -0.25) is 0 Å². The van der Waals surface area contributed by atoms with Gasteiger partial charge < -0.3 is 14.2 Å². The van der Waals surface area contributed by atoms with E-state index in [4.69, 9.17) is 0 Å². The SMILES string of the molecule is CN1[CH-]N(c2[c-]cccc2)c2ccccc21.[Ir+3].c1ccc2c(c1)ccc1ccc3c(c4cccnc4[n+]4[cH-]cnc34)c12. The minimum Gasteiger partial charge on any atom is -0.504 e. The van der Waals surface area contributed by atoms with Crippen LogP contribution in [0.1, 0.15) is 0 Å². The minimum absolute atomic E-state index is 0. The fourth-order valence-electron chi connectivity index (χ4n) is 6.01. The Hall–Kier alpha value is -4.77.